The van der Waals surface area contributed by atoms with Crippen molar-refractivity contribution in [1.82, 2.24) is 20.2 Å². The van der Waals surface area contributed by atoms with Crippen LogP contribution in [0.5, 0.6) is 0 Å². The van der Waals surface area contributed by atoms with E-state index in [0.717, 1.165) is 10.4 Å². The maximum Gasteiger partial charge on any atom is 0.198 e. The number of tetrazole rings is 1. The molecule has 0 saturated heterocycles. The Kier molecular flexibility index (Phi) is 6.22. The Morgan fingerprint density at radius 2 is 1.69 bits per heavy atom. The van der Waals surface area contributed by atoms with E-state index in [0.29, 0.717) is 4.90 Å². The molecule has 2 unspecified atom stereocenters. The molecule has 0 N–H and O–H groups in total. The van der Waals surface area contributed by atoms with Crippen LogP contribution >= 0.6 is 11.3 Å². The summed E-state index contributed by atoms with van der Waals surface area (Å²) in [5, 5.41) is 13.5. The number of sulfone groups is 1. The molecule has 32 heavy (non-hydrogen) atoms. The highest BCUT2D eigenvalue weighted by Crippen LogP contribution is 2.31. The van der Waals surface area contributed by atoms with Crippen LogP contribution in [0.1, 0.15) is 22.3 Å². The van der Waals surface area contributed by atoms with E-state index in [1.165, 1.54) is 16.0 Å². The Hall–Kier alpha value is -2.89. The van der Waals surface area contributed by atoms with E-state index in [1.807, 2.05) is 30.5 Å². The fourth-order valence-electron chi connectivity index (χ4n) is 3.09. The predicted molar refractivity (Wildman–Crippen MR) is 124 cm³/mol. The summed E-state index contributed by atoms with van der Waals surface area (Å²) in [6, 6.07) is 18.4. The van der Waals surface area contributed by atoms with Gasteiger partial charge >= 0.3 is 0 Å². The lowest BCUT2D eigenvalue weighted by Gasteiger charge is -2.14. The van der Waals surface area contributed by atoms with Crippen LogP contribution < -0.4 is 0 Å². The molecule has 0 aliphatic rings. The van der Waals surface area contributed by atoms with Crippen molar-refractivity contribution >= 4 is 30.9 Å². The van der Waals surface area contributed by atoms with Gasteiger partial charge in [0.2, 0.25) is 0 Å². The van der Waals surface area contributed by atoms with Crippen molar-refractivity contribution < 1.29 is 12.6 Å². The molecule has 2 heterocycles. The van der Waals surface area contributed by atoms with Gasteiger partial charge in [-0.25, -0.2) is 21.7 Å². The zero-order valence-corrected chi connectivity index (χ0v) is 19.8. The average molecular weight is 488 g/mol. The van der Waals surface area contributed by atoms with E-state index in [1.54, 1.807) is 54.8 Å². The van der Waals surface area contributed by atoms with Gasteiger partial charge in [-0.2, -0.15) is 0 Å². The second kappa shape index (κ2) is 8.93. The van der Waals surface area contributed by atoms with Crippen molar-refractivity contribution in [1.29, 1.82) is 0 Å². The highest BCUT2D eigenvalue weighted by Gasteiger charge is 2.27. The summed E-state index contributed by atoms with van der Waals surface area (Å²) in [6.45, 7) is 1.89. The van der Waals surface area contributed by atoms with Crippen molar-refractivity contribution in [2.75, 3.05) is 6.26 Å². The molecule has 166 valence electrons. The molecule has 2 aromatic heterocycles. The van der Waals surface area contributed by atoms with Crippen molar-refractivity contribution in [3.8, 4) is 0 Å². The van der Waals surface area contributed by atoms with Crippen LogP contribution in [0.3, 0.4) is 0 Å². The van der Waals surface area contributed by atoms with Gasteiger partial charge in [0.1, 0.15) is 0 Å². The minimum atomic E-state index is -3.71. The minimum Gasteiger partial charge on any atom is -0.245 e. The first-order chi connectivity index (χ1) is 15.3. The maximum absolute atomic E-state index is 13.5. The Balaban J connectivity index is 1.77. The standard InChI is InChI=1S/C21H21N5O3S3/c1-16-10-12-18(13-11-16)32(28,29)15-26-21(22-24-25-26)20(19-9-6-14-30-19)23-31(2,27)17-7-4-3-5-8-17/h3-14,20H,15H2,1-2H3. The molecule has 0 radical (unpaired) electrons. The van der Waals surface area contributed by atoms with Crippen LogP contribution in [0.4, 0.5) is 0 Å². The molecule has 4 rings (SSSR count). The fraction of sp³-hybridized carbons (Fsp3) is 0.190. The van der Waals surface area contributed by atoms with E-state index in [2.05, 4.69) is 19.9 Å². The molecule has 0 fully saturated rings. The normalized spacial score (nSPS) is 14.6. The topological polar surface area (TPSA) is 107 Å². The van der Waals surface area contributed by atoms with Crippen molar-refractivity contribution in [3.05, 3.63) is 88.4 Å². The molecule has 0 spiro atoms. The third-order valence-corrected chi connectivity index (χ3v) is 9.04. The molecule has 2 aromatic carbocycles. The van der Waals surface area contributed by atoms with Crippen LogP contribution in [0.2, 0.25) is 0 Å². The average Bonchev–Trinajstić information content (AvgIpc) is 3.45. The number of hydrogen-bond acceptors (Lipinski definition) is 8. The second-order valence-corrected chi connectivity index (χ2v) is 12.5. The minimum absolute atomic E-state index is 0.178. The van der Waals surface area contributed by atoms with Gasteiger partial charge in [0, 0.05) is 16.0 Å². The van der Waals surface area contributed by atoms with Gasteiger partial charge in [0.25, 0.3) is 0 Å². The summed E-state index contributed by atoms with van der Waals surface area (Å²) in [7, 11) is -6.52. The fourth-order valence-corrected chi connectivity index (χ4v) is 6.51. The zero-order chi connectivity index (χ0) is 22.8. The Bertz CT molecular complexity index is 1420. The second-order valence-electron chi connectivity index (χ2n) is 7.23. The number of thiophene rings is 1. The quantitative estimate of drug-likeness (QED) is 0.393. The lowest BCUT2D eigenvalue weighted by atomic mass is 10.2. The van der Waals surface area contributed by atoms with Gasteiger partial charge in [-0.05, 0) is 53.1 Å². The van der Waals surface area contributed by atoms with Crippen LogP contribution in [0, 0.1) is 6.92 Å². The summed E-state index contributed by atoms with van der Waals surface area (Å²) in [5.74, 6) is -0.236. The highest BCUT2D eigenvalue weighted by atomic mass is 32.2. The van der Waals surface area contributed by atoms with Crippen molar-refractivity contribution in [2.24, 2.45) is 4.36 Å². The number of benzene rings is 2. The van der Waals surface area contributed by atoms with E-state index in [9.17, 15) is 12.6 Å². The van der Waals surface area contributed by atoms with Gasteiger partial charge < -0.3 is 0 Å². The van der Waals surface area contributed by atoms with E-state index in [-0.39, 0.29) is 10.7 Å². The van der Waals surface area contributed by atoms with E-state index >= 15 is 0 Å². The third-order valence-electron chi connectivity index (χ3n) is 4.78. The Morgan fingerprint density at radius 1 is 0.969 bits per heavy atom. The summed E-state index contributed by atoms with van der Waals surface area (Å²) < 4.78 is 45.3. The SMILES string of the molecule is Cc1ccc(S(=O)(=O)Cn2nnnc2C(N=S(C)(=O)c2ccccc2)c2cccs2)cc1. The van der Waals surface area contributed by atoms with Gasteiger partial charge in [-0.3, -0.25) is 0 Å². The smallest absolute Gasteiger partial charge is 0.198 e. The number of hydrogen-bond donors (Lipinski definition) is 0. The van der Waals surface area contributed by atoms with Crippen molar-refractivity contribution in [2.45, 2.75) is 28.6 Å². The Labute approximate surface area is 191 Å². The largest absolute Gasteiger partial charge is 0.245 e. The summed E-state index contributed by atoms with van der Waals surface area (Å²) in [6.07, 6.45) is 1.56. The van der Waals surface area contributed by atoms with Crippen LogP contribution in [0.15, 0.2) is 86.3 Å². The number of aromatic nitrogens is 4. The number of aryl methyl sites for hydroxylation is 1. The molecule has 0 amide bonds. The lowest BCUT2D eigenvalue weighted by Crippen LogP contribution is -2.17. The molecule has 0 saturated carbocycles. The number of rotatable bonds is 7. The van der Waals surface area contributed by atoms with Gasteiger partial charge in [0.05, 0.1) is 14.6 Å². The first-order valence-electron chi connectivity index (χ1n) is 9.61. The molecular formula is C21H21N5O3S3. The van der Waals surface area contributed by atoms with Crippen LogP contribution in [-0.4, -0.2) is 39.1 Å². The van der Waals surface area contributed by atoms with Crippen molar-refractivity contribution in [3.63, 3.8) is 0 Å². The summed E-state index contributed by atoms with van der Waals surface area (Å²) >= 11 is 1.41. The molecule has 11 heteroatoms. The molecule has 0 aliphatic heterocycles. The van der Waals surface area contributed by atoms with Crippen LogP contribution in [-0.2, 0) is 25.4 Å². The predicted octanol–water partition coefficient (Wildman–Crippen LogP) is 3.72. The van der Waals surface area contributed by atoms with Gasteiger partial charge in [0.15, 0.2) is 27.6 Å². The molecule has 4 aromatic rings. The third kappa shape index (κ3) is 4.79. The summed E-state index contributed by atoms with van der Waals surface area (Å²) in [5.41, 5.74) is 0.960. The van der Waals surface area contributed by atoms with E-state index in [4.69, 9.17) is 0 Å². The van der Waals surface area contributed by atoms with E-state index < -0.39 is 31.5 Å². The lowest BCUT2D eigenvalue weighted by molar-refractivity contribution is 0.560. The molecular weight excluding hydrogens is 466 g/mol. The zero-order valence-electron chi connectivity index (χ0n) is 17.4. The summed E-state index contributed by atoms with van der Waals surface area (Å²) in [4.78, 5) is 1.52. The van der Waals surface area contributed by atoms with Gasteiger partial charge in [-0.15, -0.1) is 16.4 Å². The molecule has 0 bridgehead atoms. The monoisotopic (exact) mass is 487 g/mol. The molecule has 0 aliphatic carbocycles. The first-order valence-corrected chi connectivity index (χ1v) is 14.1. The molecule has 8 nitrogen and oxygen atoms in total. The Morgan fingerprint density at radius 3 is 2.34 bits per heavy atom. The van der Waals surface area contributed by atoms with Gasteiger partial charge in [-0.1, -0.05) is 42.0 Å². The number of nitrogens with zero attached hydrogens (tertiary/aromatic N) is 5. The maximum atomic E-state index is 13.5. The first kappa shape index (κ1) is 22.3. The van der Waals surface area contributed by atoms with Crippen LogP contribution in [0.25, 0.3) is 0 Å². The highest BCUT2D eigenvalue weighted by molar-refractivity contribution is 7.93. The molecule has 2 atom stereocenters.